The summed E-state index contributed by atoms with van der Waals surface area (Å²) < 4.78 is 20.2. The van der Waals surface area contributed by atoms with E-state index in [1.807, 2.05) is 0 Å². The van der Waals surface area contributed by atoms with Crippen molar-refractivity contribution in [3.63, 3.8) is 0 Å². The van der Waals surface area contributed by atoms with Crippen LogP contribution in [0.3, 0.4) is 0 Å². The summed E-state index contributed by atoms with van der Waals surface area (Å²) in [5, 5.41) is 4.88. The first-order valence-corrected chi connectivity index (χ1v) is 9.76. The molecule has 4 rings (SSSR count). The second-order valence-corrected chi connectivity index (χ2v) is 7.38. The Morgan fingerprint density at radius 1 is 1.19 bits per heavy atom. The number of carbonyl (C=O) groups excluding carboxylic acids is 4. The first-order chi connectivity index (χ1) is 14.9. The molecule has 160 valence electrons. The van der Waals surface area contributed by atoms with E-state index in [2.05, 4.69) is 10.6 Å². The van der Waals surface area contributed by atoms with Crippen LogP contribution >= 0.6 is 0 Å². The van der Waals surface area contributed by atoms with Gasteiger partial charge in [0.25, 0.3) is 11.8 Å². The number of nitrogens with zero attached hydrogens (tertiary/aromatic N) is 1. The molecule has 2 heterocycles. The zero-order valence-electron chi connectivity index (χ0n) is 16.7. The number of hydrogen-bond acceptors (Lipinski definition) is 5. The molecule has 2 N–H and O–H groups in total. The maximum Gasteiger partial charge on any atom is 0.255 e. The van der Waals surface area contributed by atoms with Crippen molar-refractivity contribution in [3.05, 3.63) is 64.5 Å². The van der Waals surface area contributed by atoms with E-state index in [1.165, 1.54) is 24.1 Å². The van der Waals surface area contributed by atoms with E-state index in [1.54, 1.807) is 24.3 Å². The first-order valence-electron chi connectivity index (χ1n) is 9.76. The van der Waals surface area contributed by atoms with Gasteiger partial charge in [-0.1, -0.05) is 6.07 Å². The summed E-state index contributed by atoms with van der Waals surface area (Å²) in [6.45, 7) is -0.122. The van der Waals surface area contributed by atoms with E-state index < -0.39 is 23.7 Å². The summed E-state index contributed by atoms with van der Waals surface area (Å²) >= 11 is 0. The molecule has 2 aliphatic heterocycles. The molecular formula is C22H20FN3O5. The number of fused-ring (bicyclic) bond motifs is 1. The summed E-state index contributed by atoms with van der Waals surface area (Å²) in [4.78, 5) is 49.8. The highest BCUT2D eigenvalue weighted by molar-refractivity contribution is 6.05. The minimum atomic E-state index is -0.810. The molecule has 0 spiro atoms. The average molecular weight is 425 g/mol. The molecule has 0 aromatic heterocycles. The van der Waals surface area contributed by atoms with E-state index in [9.17, 15) is 19.2 Å². The van der Waals surface area contributed by atoms with Crippen molar-refractivity contribution in [3.8, 4) is 5.75 Å². The average Bonchev–Trinajstić information content (AvgIpc) is 3.10. The number of hydrogen-bond donors (Lipinski definition) is 2. The summed E-state index contributed by atoms with van der Waals surface area (Å²) in [6.07, 6.45) is 0.332. The van der Waals surface area contributed by atoms with Crippen LogP contribution in [0.4, 0.5) is 4.39 Å². The van der Waals surface area contributed by atoms with E-state index in [-0.39, 0.29) is 54.4 Å². The van der Waals surface area contributed by atoms with E-state index >= 15 is 4.39 Å². The lowest BCUT2D eigenvalue weighted by Gasteiger charge is -2.29. The van der Waals surface area contributed by atoms with Crippen LogP contribution in [0.15, 0.2) is 36.4 Å². The second-order valence-electron chi connectivity index (χ2n) is 7.38. The number of carbonyl (C=O) groups is 4. The van der Waals surface area contributed by atoms with Gasteiger partial charge in [-0.15, -0.1) is 0 Å². The SMILES string of the molecule is COc1ccc(C(=O)NCc2ccc3c(c2F)CN(C2CCC(=O)NC2=O)C3=O)cc1. The van der Waals surface area contributed by atoms with Crippen molar-refractivity contribution in [2.45, 2.75) is 32.0 Å². The normalized spacial score (nSPS) is 17.9. The lowest BCUT2D eigenvalue weighted by molar-refractivity contribution is -0.136. The van der Waals surface area contributed by atoms with Gasteiger partial charge in [-0.3, -0.25) is 24.5 Å². The van der Waals surface area contributed by atoms with Crippen molar-refractivity contribution in [2.24, 2.45) is 0 Å². The predicted octanol–water partition coefficient (Wildman–Crippen LogP) is 1.53. The van der Waals surface area contributed by atoms with E-state index in [0.29, 0.717) is 11.3 Å². The summed E-state index contributed by atoms with van der Waals surface area (Å²) in [6, 6.07) is 8.65. The smallest absolute Gasteiger partial charge is 0.255 e. The zero-order valence-corrected chi connectivity index (χ0v) is 16.7. The van der Waals surface area contributed by atoms with Crippen LogP contribution in [0.25, 0.3) is 0 Å². The van der Waals surface area contributed by atoms with Gasteiger partial charge in [-0.25, -0.2) is 4.39 Å². The quantitative estimate of drug-likeness (QED) is 0.707. The van der Waals surface area contributed by atoms with Gasteiger partial charge in [-0.2, -0.15) is 0 Å². The molecule has 4 amide bonds. The minimum absolute atomic E-state index is 0.0589. The molecule has 0 saturated carbocycles. The standard InChI is InChI=1S/C22H20FN3O5/c1-31-14-5-2-12(3-6-14)20(28)24-10-13-4-7-15-16(19(13)23)11-26(22(15)30)17-8-9-18(27)25-21(17)29/h2-7,17H,8-11H2,1H3,(H,24,28)(H,25,27,29). The molecule has 1 atom stereocenters. The lowest BCUT2D eigenvalue weighted by Crippen LogP contribution is -2.52. The second kappa shape index (κ2) is 8.17. The number of nitrogens with one attached hydrogen (secondary N) is 2. The Balaban J connectivity index is 1.47. The van der Waals surface area contributed by atoms with Gasteiger partial charge < -0.3 is 15.0 Å². The number of imide groups is 1. The van der Waals surface area contributed by atoms with Crippen LogP contribution in [0.1, 0.15) is 44.7 Å². The van der Waals surface area contributed by atoms with Crippen LogP contribution in [0.5, 0.6) is 5.75 Å². The Morgan fingerprint density at radius 2 is 1.94 bits per heavy atom. The van der Waals surface area contributed by atoms with Crippen molar-refractivity contribution in [2.75, 3.05) is 7.11 Å². The van der Waals surface area contributed by atoms with Gasteiger partial charge in [0.15, 0.2) is 0 Å². The van der Waals surface area contributed by atoms with E-state index in [0.717, 1.165) is 0 Å². The molecule has 2 aliphatic rings. The molecule has 1 fully saturated rings. The summed E-state index contributed by atoms with van der Waals surface area (Å²) in [5.74, 6) is -1.72. The number of amides is 4. The van der Waals surface area contributed by atoms with Crippen LogP contribution in [-0.2, 0) is 22.7 Å². The predicted molar refractivity (Wildman–Crippen MR) is 107 cm³/mol. The van der Waals surface area contributed by atoms with Crippen molar-refractivity contribution in [1.82, 2.24) is 15.5 Å². The third-order valence-electron chi connectivity index (χ3n) is 5.52. The third kappa shape index (κ3) is 3.86. The Morgan fingerprint density at radius 3 is 2.61 bits per heavy atom. The Kier molecular flexibility index (Phi) is 5.41. The number of rotatable bonds is 5. The van der Waals surface area contributed by atoms with Crippen molar-refractivity contribution < 1.29 is 28.3 Å². The Labute approximate surface area is 177 Å². The van der Waals surface area contributed by atoms with Crippen LogP contribution in [0, 0.1) is 5.82 Å². The summed E-state index contributed by atoms with van der Waals surface area (Å²) in [5.41, 5.74) is 1.01. The first kappa shape index (κ1) is 20.5. The van der Waals surface area contributed by atoms with Crippen molar-refractivity contribution in [1.29, 1.82) is 0 Å². The van der Waals surface area contributed by atoms with Gasteiger partial charge in [0.2, 0.25) is 11.8 Å². The molecule has 8 nitrogen and oxygen atoms in total. The fourth-order valence-electron chi connectivity index (χ4n) is 3.81. The van der Waals surface area contributed by atoms with Crippen LogP contribution in [-0.4, -0.2) is 41.7 Å². The molecule has 9 heteroatoms. The molecule has 1 unspecified atom stereocenters. The molecule has 2 aromatic rings. The van der Waals surface area contributed by atoms with E-state index in [4.69, 9.17) is 4.74 Å². The maximum atomic E-state index is 15.1. The number of benzene rings is 2. The highest BCUT2D eigenvalue weighted by Gasteiger charge is 2.40. The maximum absolute atomic E-state index is 15.1. The third-order valence-corrected chi connectivity index (χ3v) is 5.52. The highest BCUT2D eigenvalue weighted by atomic mass is 19.1. The topological polar surface area (TPSA) is 105 Å². The van der Waals surface area contributed by atoms with Gasteiger partial charge in [0, 0.05) is 35.2 Å². The van der Waals surface area contributed by atoms with Crippen LogP contribution < -0.4 is 15.4 Å². The fraction of sp³-hybridized carbons (Fsp3) is 0.273. The monoisotopic (exact) mass is 425 g/mol. The van der Waals surface area contributed by atoms with Crippen LogP contribution in [0.2, 0.25) is 0 Å². The van der Waals surface area contributed by atoms with Crippen molar-refractivity contribution >= 4 is 23.6 Å². The van der Waals surface area contributed by atoms with Gasteiger partial charge in [-0.05, 0) is 36.8 Å². The number of halogens is 1. The molecule has 0 bridgehead atoms. The number of piperidine rings is 1. The number of methoxy groups -OCH3 is 1. The molecule has 0 aliphatic carbocycles. The van der Waals surface area contributed by atoms with Gasteiger partial charge >= 0.3 is 0 Å². The minimum Gasteiger partial charge on any atom is -0.497 e. The highest BCUT2D eigenvalue weighted by Crippen LogP contribution is 2.30. The molecule has 2 aromatic carbocycles. The molecule has 1 saturated heterocycles. The lowest BCUT2D eigenvalue weighted by atomic mass is 10.0. The largest absolute Gasteiger partial charge is 0.497 e. The molecular weight excluding hydrogens is 405 g/mol. The Bertz CT molecular complexity index is 1080. The molecule has 0 radical (unpaired) electrons. The van der Waals surface area contributed by atoms with Gasteiger partial charge in [0.05, 0.1) is 13.7 Å². The molecule has 31 heavy (non-hydrogen) atoms. The summed E-state index contributed by atoms with van der Waals surface area (Å²) in [7, 11) is 1.53. The zero-order chi connectivity index (χ0) is 22.1. The Hall–Kier alpha value is -3.75. The van der Waals surface area contributed by atoms with Gasteiger partial charge in [0.1, 0.15) is 17.6 Å². The fourth-order valence-corrected chi connectivity index (χ4v) is 3.81. The number of ether oxygens (including phenoxy) is 1.